The van der Waals surface area contributed by atoms with Gasteiger partial charge in [0, 0.05) is 25.4 Å². The van der Waals surface area contributed by atoms with Crippen LogP contribution in [0.5, 0.6) is 0 Å². The second-order valence-corrected chi connectivity index (χ2v) is 7.02. The van der Waals surface area contributed by atoms with Gasteiger partial charge in [-0.2, -0.15) is 11.8 Å². The minimum Gasteiger partial charge on any atom is -0.356 e. The fourth-order valence-corrected chi connectivity index (χ4v) is 3.67. The maximum Gasteiger partial charge on any atom is 0.314 e. The fourth-order valence-electron chi connectivity index (χ4n) is 2.72. The van der Waals surface area contributed by atoms with Gasteiger partial charge >= 0.3 is 6.03 Å². The van der Waals surface area contributed by atoms with Crippen molar-refractivity contribution >= 4 is 23.7 Å². The zero-order valence-corrected chi connectivity index (χ0v) is 14.5. The molecule has 1 aliphatic heterocycles. The number of hydrogen-bond donors (Lipinski definition) is 2. The number of rotatable bonds is 7. The Balaban J connectivity index is 1.59. The molecule has 3 amide bonds. The molecule has 0 bridgehead atoms. The number of benzene rings is 1. The second-order valence-electron chi connectivity index (χ2n) is 5.91. The highest BCUT2D eigenvalue weighted by Gasteiger charge is 2.26. The lowest BCUT2D eigenvalue weighted by Gasteiger charge is -2.30. The van der Waals surface area contributed by atoms with Crippen molar-refractivity contribution in [3.63, 3.8) is 0 Å². The summed E-state index contributed by atoms with van der Waals surface area (Å²) in [5, 5.41) is 2.92. The maximum atomic E-state index is 13.5. The average Bonchev–Trinajstić information content (AvgIpc) is 2.59. The highest BCUT2D eigenvalue weighted by molar-refractivity contribution is 7.98. The molecule has 0 aliphatic carbocycles. The van der Waals surface area contributed by atoms with Crippen LogP contribution in [0.3, 0.4) is 0 Å². The Kier molecular flexibility index (Phi) is 7.36. The molecular weight excluding hydrogens is 329 g/mol. The highest BCUT2D eigenvalue weighted by atomic mass is 32.2. The molecule has 3 N–H and O–H groups in total. The quantitative estimate of drug-likeness (QED) is 0.739. The van der Waals surface area contributed by atoms with E-state index in [9.17, 15) is 14.0 Å². The summed E-state index contributed by atoms with van der Waals surface area (Å²) in [7, 11) is 0. The molecule has 0 saturated carbocycles. The van der Waals surface area contributed by atoms with Crippen LogP contribution in [0.4, 0.5) is 9.18 Å². The number of piperidine rings is 1. The molecule has 0 spiro atoms. The zero-order chi connectivity index (χ0) is 17.4. The first-order valence-corrected chi connectivity index (χ1v) is 9.36. The first kappa shape index (κ1) is 18.6. The van der Waals surface area contributed by atoms with E-state index in [2.05, 4.69) is 5.32 Å². The van der Waals surface area contributed by atoms with Gasteiger partial charge in [-0.05, 0) is 36.6 Å². The molecule has 7 heteroatoms. The van der Waals surface area contributed by atoms with Gasteiger partial charge in [0.05, 0.1) is 5.92 Å². The Hall–Kier alpha value is -1.76. The van der Waals surface area contributed by atoms with E-state index in [1.54, 1.807) is 23.9 Å². The van der Waals surface area contributed by atoms with Gasteiger partial charge in [-0.15, -0.1) is 0 Å². The molecular formula is C17H24FN3O2S. The smallest absolute Gasteiger partial charge is 0.314 e. The van der Waals surface area contributed by atoms with Crippen LogP contribution < -0.4 is 11.1 Å². The maximum absolute atomic E-state index is 13.5. The van der Waals surface area contributed by atoms with E-state index in [-0.39, 0.29) is 17.6 Å². The summed E-state index contributed by atoms with van der Waals surface area (Å²) in [6.07, 6.45) is 2.42. The summed E-state index contributed by atoms with van der Waals surface area (Å²) < 4.78 is 13.5. The standard InChI is InChI=1S/C17H24FN3O2S/c18-15-7-2-1-5-14(15)12-24-10-4-8-20-16(22)13-6-3-9-21(11-13)17(19)23/h1-2,5,7,13H,3-4,6,8-12H2,(H2,19,23)(H,20,22)/t13-/m1/s1. The monoisotopic (exact) mass is 353 g/mol. The summed E-state index contributed by atoms with van der Waals surface area (Å²) in [5.41, 5.74) is 5.98. The molecule has 1 atom stereocenters. The molecule has 132 valence electrons. The number of thioether (sulfide) groups is 1. The van der Waals surface area contributed by atoms with E-state index < -0.39 is 6.03 Å². The number of amides is 3. The first-order valence-electron chi connectivity index (χ1n) is 8.21. The third kappa shape index (κ3) is 5.70. The summed E-state index contributed by atoms with van der Waals surface area (Å²) in [4.78, 5) is 24.8. The molecule has 0 unspecified atom stereocenters. The Morgan fingerprint density at radius 2 is 2.17 bits per heavy atom. The number of primary amides is 1. The number of nitrogens with one attached hydrogen (secondary N) is 1. The van der Waals surface area contributed by atoms with E-state index >= 15 is 0 Å². The Bertz CT molecular complexity index is 571. The number of carbonyl (C=O) groups excluding carboxylic acids is 2. The van der Waals surface area contributed by atoms with Crippen LogP contribution in [0.1, 0.15) is 24.8 Å². The summed E-state index contributed by atoms with van der Waals surface area (Å²) in [6, 6.07) is 6.31. The molecule has 1 aliphatic rings. The molecule has 1 aromatic rings. The Labute approximate surface area is 146 Å². The van der Waals surface area contributed by atoms with Crippen LogP contribution >= 0.6 is 11.8 Å². The number of carbonyl (C=O) groups is 2. The van der Waals surface area contributed by atoms with Crippen molar-refractivity contribution in [1.82, 2.24) is 10.2 Å². The largest absolute Gasteiger partial charge is 0.356 e. The molecule has 2 rings (SSSR count). The minimum absolute atomic E-state index is 0.0138. The van der Waals surface area contributed by atoms with Gasteiger partial charge in [0.1, 0.15) is 5.82 Å². The van der Waals surface area contributed by atoms with Gasteiger partial charge in [-0.1, -0.05) is 18.2 Å². The molecule has 0 aromatic heterocycles. The predicted molar refractivity (Wildman–Crippen MR) is 94.1 cm³/mol. The van der Waals surface area contributed by atoms with Gasteiger partial charge < -0.3 is 16.0 Å². The van der Waals surface area contributed by atoms with Crippen LogP contribution in [-0.2, 0) is 10.5 Å². The molecule has 1 fully saturated rings. The van der Waals surface area contributed by atoms with Crippen molar-refractivity contribution in [2.75, 3.05) is 25.4 Å². The van der Waals surface area contributed by atoms with Crippen LogP contribution in [-0.4, -0.2) is 42.2 Å². The lowest BCUT2D eigenvalue weighted by molar-refractivity contribution is -0.126. The Morgan fingerprint density at radius 3 is 2.92 bits per heavy atom. The summed E-state index contributed by atoms with van der Waals surface area (Å²) >= 11 is 1.65. The van der Waals surface area contributed by atoms with Crippen LogP contribution in [0.2, 0.25) is 0 Å². The Morgan fingerprint density at radius 1 is 1.38 bits per heavy atom. The molecule has 1 aromatic carbocycles. The van der Waals surface area contributed by atoms with Gasteiger partial charge in [-0.25, -0.2) is 9.18 Å². The van der Waals surface area contributed by atoms with E-state index in [0.717, 1.165) is 25.0 Å². The van der Waals surface area contributed by atoms with Crippen molar-refractivity contribution in [1.29, 1.82) is 0 Å². The van der Waals surface area contributed by atoms with E-state index in [4.69, 9.17) is 5.73 Å². The first-order chi connectivity index (χ1) is 11.6. The van der Waals surface area contributed by atoms with Crippen molar-refractivity contribution in [3.8, 4) is 0 Å². The lowest BCUT2D eigenvalue weighted by Crippen LogP contribution is -2.47. The topological polar surface area (TPSA) is 75.4 Å². The fraction of sp³-hybridized carbons (Fsp3) is 0.529. The van der Waals surface area contributed by atoms with Gasteiger partial charge in [0.15, 0.2) is 0 Å². The molecule has 0 radical (unpaired) electrons. The average molecular weight is 353 g/mol. The van der Waals surface area contributed by atoms with Crippen LogP contribution in [0, 0.1) is 11.7 Å². The van der Waals surface area contributed by atoms with Gasteiger partial charge in [0.2, 0.25) is 5.91 Å². The van der Waals surface area contributed by atoms with Crippen LogP contribution in [0.15, 0.2) is 24.3 Å². The van der Waals surface area contributed by atoms with Gasteiger partial charge in [-0.3, -0.25) is 4.79 Å². The molecule has 24 heavy (non-hydrogen) atoms. The molecule has 1 heterocycles. The number of likely N-dealkylation sites (tertiary alicyclic amines) is 1. The summed E-state index contributed by atoms with van der Waals surface area (Å²) in [6.45, 7) is 1.63. The normalized spacial score (nSPS) is 17.5. The van der Waals surface area contributed by atoms with Crippen molar-refractivity contribution < 1.29 is 14.0 Å². The van der Waals surface area contributed by atoms with E-state index in [1.807, 2.05) is 6.07 Å². The molecule has 1 saturated heterocycles. The number of nitrogens with zero attached hydrogens (tertiary/aromatic N) is 1. The minimum atomic E-state index is -0.461. The van der Waals surface area contributed by atoms with E-state index in [1.165, 1.54) is 11.0 Å². The lowest BCUT2D eigenvalue weighted by atomic mass is 9.97. The third-order valence-corrected chi connectivity index (χ3v) is 5.18. The molecule has 5 nitrogen and oxygen atoms in total. The number of halogens is 1. The van der Waals surface area contributed by atoms with Gasteiger partial charge in [0.25, 0.3) is 0 Å². The van der Waals surface area contributed by atoms with Crippen molar-refractivity contribution in [2.24, 2.45) is 11.7 Å². The van der Waals surface area contributed by atoms with Crippen molar-refractivity contribution in [2.45, 2.75) is 25.0 Å². The van der Waals surface area contributed by atoms with Crippen molar-refractivity contribution in [3.05, 3.63) is 35.6 Å². The third-order valence-electron chi connectivity index (χ3n) is 4.08. The zero-order valence-electron chi connectivity index (χ0n) is 13.7. The number of nitrogens with two attached hydrogens (primary N) is 1. The number of urea groups is 1. The van der Waals surface area contributed by atoms with Crippen LogP contribution in [0.25, 0.3) is 0 Å². The second kappa shape index (κ2) is 9.52. The SMILES string of the molecule is NC(=O)N1CCC[C@@H](C(=O)NCCCSCc2ccccc2F)C1. The summed E-state index contributed by atoms with van der Waals surface area (Å²) in [5.74, 6) is 1.13. The predicted octanol–water partition coefficient (Wildman–Crippen LogP) is 2.36. The van der Waals surface area contributed by atoms with E-state index in [0.29, 0.717) is 31.0 Å². The number of hydrogen-bond acceptors (Lipinski definition) is 3. The highest BCUT2D eigenvalue weighted by Crippen LogP contribution is 2.17.